The van der Waals surface area contributed by atoms with Crippen molar-refractivity contribution in [2.75, 3.05) is 19.3 Å². The first kappa shape index (κ1) is 11.9. The monoisotopic (exact) mass is 239 g/mol. The van der Waals surface area contributed by atoms with Crippen LogP contribution in [0.25, 0.3) is 0 Å². The highest BCUT2D eigenvalue weighted by Crippen LogP contribution is 2.18. The van der Waals surface area contributed by atoms with Gasteiger partial charge in [-0.3, -0.25) is 4.90 Å². The van der Waals surface area contributed by atoms with Crippen LogP contribution < -0.4 is 0 Å². The molecule has 2 atom stereocenters. The number of rotatable bonds is 3. The topological polar surface area (TPSA) is 43.7 Å². The molecule has 1 aromatic carbocycles. The molecule has 1 aliphatic rings. The van der Waals surface area contributed by atoms with Crippen molar-refractivity contribution in [1.82, 2.24) is 4.90 Å². The van der Waals surface area contributed by atoms with Crippen molar-refractivity contribution in [3.8, 4) is 0 Å². The molecule has 1 aromatic rings. The van der Waals surface area contributed by atoms with Crippen molar-refractivity contribution in [1.29, 1.82) is 0 Å². The van der Waals surface area contributed by atoms with Crippen LogP contribution in [0.5, 0.6) is 0 Å². The average Bonchev–Trinajstić information content (AvgIpc) is 2.59. The average molecular weight is 239 g/mol. The molecule has 1 heterocycles. The summed E-state index contributed by atoms with van der Waals surface area (Å²) in [6.45, 7) is 1.92. The zero-order valence-corrected chi connectivity index (χ0v) is 10.2. The van der Waals surface area contributed by atoms with Crippen LogP contribution in [0.15, 0.2) is 29.2 Å². The van der Waals surface area contributed by atoms with Crippen LogP contribution in [0.2, 0.25) is 0 Å². The van der Waals surface area contributed by atoms with E-state index in [0.717, 1.165) is 6.54 Å². The molecule has 4 heteroatoms. The number of aliphatic hydroxyl groups is 2. The van der Waals surface area contributed by atoms with Crippen molar-refractivity contribution in [3.63, 3.8) is 0 Å². The number of aliphatic hydroxyl groups excluding tert-OH is 2. The highest BCUT2D eigenvalue weighted by molar-refractivity contribution is 7.98. The third kappa shape index (κ3) is 2.77. The fraction of sp³-hybridized carbons (Fsp3) is 0.500. The lowest BCUT2D eigenvalue weighted by atomic mass is 10.2. The fourth-order valence-electron chi connectivity index (χ4n) is 1.97. The number of nitrogens with zero attached hydrogens (tertiary/aromatic N) is 1. The molecule has 1 aliphatic heterocycles. The lowest BCUT2D eigenvalue weighted by Gasteiger charge is -2.14. The molecule has 0 radical (unpaired) electrons. The fourth-order valence-corrected chi connectivity index (χ4v) is 2.37. The zero-order valence-electron chi connectivity index (χ0n) is 9.34. The van der Waals surface area contributed by atoms with Crippen LogP contribution in [-0.2, 0) is 6.54 Å². The van der Waals surface area contributed by atoms with E-state index >= 15 is 0 Å². The molecule has 1 saturated heterocycles. The van der Waals surface area contributed by atoms with E-state index in [1.807, 2.05) is 0 Å². The van der Waals surface area contributed by atoms with E-state index in [1.165, 1.54) is 10.5 Å². The highest BCUT2D eigenvalue weighted by Gasteiger charge is 2.29. The van der Waals surface area contributed by atoms with Crippen molar-refractivity contribution in [2.24, 2.45) is 0 Å². The summed E-state index contributed by atoms with van der Waals surface area (Å²) < 4.78 is 0. The molecule has 0 bridgehead atoms. The highest BCUT2D eigenvalue weighted by atomic mass is 32.2. The van der Waals surface area contributed by atoms with E-state index in [2.05, 4.69) is 35.4 Å². The van der Waals surface area contributed by atoms with Crippen molar-refractivity contribution in [3.05, 3.63) is 29.8 Å². The minimum Gasteiger partial charge on any atom is -0.389 e. The largest absolute Gasteiger partial charge is 0.389 e. The number of hydrogen-bond acceptors (Lipinski definition) is 4. The molecule has 3 nitrogen and oxygen atoms in total. The summed E-state index contributed by atoms with van der Waals surface area (Å²) in [4.78, 5) is 3.33. The molecule has 0 spiro atoms. The van der Waals surface area contributed by atoms with Crippen LogP contribution in [0.3, 0.4) is 0 Å². The van der Waals surface area contributed by atoms with E-state index in [9.17, 15) is 10.2 Å². The Morgan fingerprint density at radius 2 is 1.75 bits per heavy atom. The van der Waals surface area contributed by atoms with E-state index < -0.39 is 12.2 Å². The van der Waals surface area contributed by atoms with Gasteiger partial charge in [0.1, 0.15) is 0 Å². The van der Waals surface area contributed by atoms with E-state index in [1.54, 1.807) is 11.8 Å². The predicted molar refractivity (Wildman–Crippen MR) is 65.5 cm³/mol. The molecule has 16 heavy (non-hydrogen) atoms. The summed E-state index contributed by atoms with van der Waals surface area (Å²) in [5, 5.41) is 18.9. The summed E-state index contributed by atoms with van der Waals surface area (Å²) in [6.07, 6.45) is 0.873. The Bertz CT molecular complexity index is 331. The first-order valence-electron chi connectivity index (χ1n) is 5.40. The van der Waals surface area contributed by atoms with Crippen LogP contribution in [0, 0.1) is 0 Å². The molecule has 2 unspecified atom stereocenters. The molecule has 88 valence electrons. The van der Waals surface area contributed by atoms with Gasteiger partial charge in [0.15, 0.2) is 0 Å². The third-order valence-corrected chi connectivity index (χ3v) is 3.64. The minimum atomic E-state index is -0.592. The standard InChI is InChI=1S/C12H17NO2S/c1-16-10-4-2-9(3-5-10)6-13-7-11(14)12(15)8-13/h2-5,11-12,14-15H,6-8H2,1H3. The number of likely N-dealkylation sites (tertiary alicyclic amines) is 1. The number of hydrogen-bond donors (Lipinski definition) is 2. The van der Waals surface area contributed by atoms with E-state index in [0.29, 0.717) is 13.1 Å². The smallest absolute Gasteiger partial charge is 0.0938 e. The minimum absolute atomic E-state index is 0.561. The van der Waals surface area contributed by atoms with Crippen molar-refractivity contribution >= 4 is 11.8 Å². The molecular formula is C12H17NO2S. The normalized spacial score (nSPS) is 26.2. The Balaban J connectivity index is 1.94. The maximum atomic E-state index is 9.43. The van der Waals surface area contributed by atoms with Gasteiger partial charge in [-0.1, -0.05) is 12.1 Å². The van der Waals surface area contributed by atoms with Crippen LogP contribution >= 0.6 is 11.8 Å². The summed E-state index contributed by atoms with van der Waals surface area (Å²) >= 11 is 1.73. The van der Waals surface area contributed by atoms with Gasteiger partial charge in [-0.25, -0.2) is 0 Å². The SMILES string of the molecule is CSc1ccc(CN2CC(O)C(O)C2)cc1. The zero-order chi connectivity index (χ0) is 11.5. The van der Waals surface area contributed by atoms with Gasteiger partial charge in [0.05, 0.1) is 12.2 Å². The molecule has 0 amide bonds. The van der Waals surface area contributed by atoms with E-state index in [-0.39, 0.29) is 0 Å². The molecule has 0 aromatic heterocycles. The van der Waals surface area contributed by atoms with Crippen molar-refractivity contribution in [2.45, 2.75) is 23.6 Å². The molecule has 2 N–H and O–H groups in total. The van der Waals surface area contributed by atoms with Gasteiger partial charge in [-0.15, -0.1) is 11.8 Å². The number of β-amino-alcohol motifs (C(OH)–C–C–N with tert-alkyl or cyclic N) is 2. The van der Waals surface area contributed by atoms with Gasteiger partial charge in [0.2, 0.25) is 0 Å². The van der Waals surface area contributed by atoms with E-state index in [4.69, 9.17) is 0 Å². The Morgan fingerprint density at radius 3 is 2.25 bits per heavy atom. The molecule has 0 saturated carbocycles. The molecule has 0 aliphatic carbocycles. The lowest BCUT2D eigenvalue weighted by molar-refractivity contribution is 0.0572. The maximum Gasteiger partial charge on any atom is 0.0938 e. The predicted octanol–water partition coefficient (Wildman–Crippen LogP) is 0.946. The Labute approximate surface area is 100 Å². The second-order valence-corrected chi connectivity index (χ2v) is 5.06. The Kier molecular flexibility index (Phi) is 3.86. The molecule has 2 rings (SSSR count). The number of benzene rings is 1. The lowest BCUT2D eigenvalue weighted by Crippen LogP contribution is -2.22. The van der Waals surface area contributed by atoms with Gasteiger partial charge in [0.25, 0.3) is 0 Å². The second-order valence-electron chi connectivity index (χ2n) is 4.18. The summed E-state index contributed by atoms with van der Waals surface area (Å²) in [5.74, 6) is 0. The van der Waals surface area contributed by atoms with Gasteiger partial charge in [-0.2, -0.15) is 0 Å². The maximum absolute atomic E-state index is 9.43. The van der Waals surface area contributed by atoms with Crippen LogP contribution in [0.4, 0.5) is 0 Å². The van der Waals surface area contributed by atoms with Gasteiger partial charge in [0, 0.05) is 24.5 Å². The Hall–Kier alpha value is -0.550. The van der Waals surface area contributed by atoms with Gasteiger partial charge < -0.3 is 10.2 Å². The quantitative estimate of drug-likeness (QED) is 0.771. The summed E-state index contributed by atoms with van der Waals surface area (Å²) in [7, 11) is 0. The molecular weight excluding hydrogens is 222 g/mol. The first-order chi connectivity index (χ1) is 7.69. The second kappa shape index (κ2) is 5.19. The van der Waals surface area contributed by atoms with Crippen molar-refractivity contribution < 1.29 is 10.2 Å². The van der Waals surface area contributed by atoms with Crippen LogP contribution in [0.1, 0.15) is 5.56 Å². The Morgan fingerprint density at radius 1 is 1.19 bits per heavy atom. The number of thioether (sulfide) groups is 1. The van der Waals surface area contributed by atoms with Gasteiger partial charge >= 0.3 is 0 Å². The third-order valence-electron chi connectivity index (χ3n) is 2.90. The molecule has 1 fully saturated rings. The summed E-state index contributed by atoms with van der Waals surface area (Å²) in [6, 6.07) is 8.40. The summed E-state index contributed by atoms with van der Waals surface area (Å²) in [5.41, 5.74) is 1.22. The van der Waals surface area contributed by atoms with Gasteiger partial charge in [-0.05, 0) is 24.0 Å². The first-order valence-corrected chi connectivity index (χ1v) is 6.63. The van der Waals surface area contributed by atoms with Crippen LogP contribution in [-0.4, -0.2) is 46.7 Å².